The normalized spacial score (nSPS) is 11.3. The Labute approximate surface area is 139 Å². The number of non-ortho nitro benzene ring substituents is 1. The fourth-order valence-corrected chi connectivity index (χ4v) is 2.25. The Morgan fingerprint density at radius 3 is 2.56 bits per heavy atom. The average Bonchev–Trinajstić information content (AvgIpc) is 2.91. The number of nitrogens with zero attached hydrogens (tertiary/aromatic N) is 5. The van der Waals surface area contributed by atoms with Crippen LogP contribution >= 0.6 is 0 Å². The van der Waals surface area contributed by atoms with Crippen LogP contribution in [0.5, 0.6) is 0 Å². The molecule has 0 atom stereocenters. The van der Waals surface area contributed by atoms with Crippen LogP contribution in [0.25, 0.3) is 11.2 Å². The Morgan fingerprint density at radius 1 is 1.24 bits per heavy atom. The average molecular weight is 343 g/mol. The molecule has 3 rings (SSSR count). The van der Waals surface area contributed by atoms with E-state index in [1.165, 1.54) is 34.5 Å². The first kappa shape index (κ1) is 16.1. The maximum Gasteiger partial charge on any atom is 0.329 e. The molecule has 0 amide bonds. The predicted octanol–water partition coefficient (Wildman–Crippen LogP) is 0.314. The van der Waals surface area contributed by atoms with Crippen LogP contribution in [0.3, 0.4) is 0 Å². The van der Waals surface area contributed by atoms with Crippen LogP contribution in [0.4, 0.5) is 11.6 Å². The van der Waals surface area contributed by atoms with Crippen LogP contribution in [0.2, 0.25) is 0 Å². The maximum atomic E-state index is 11.9. The second-order valence-corrected chi connectivity index (χ2v) is 5.20. The minimum atomic E-state index is -0.559. The minimum absolute atomic E-state index is 0.0133. The topological polar surface area (TPSA) is 140 Å². The molecule has 128 valence electrons. The molecule has 2 aromatic heterocycles. The zero-order valence-corrected chi connectivity index (χ0v) is 13.3. The standard InChI is InChI=1S/C14H13N7O4/c1-19-10-11(20(2)14(23)17-12(10)22)16-13(19)18-15-7-8-3-5-9(6-4-8)21(24)25/h3-7H,1-2H3,(H,16,18)(H,17,22,23). The lowest BCUT2D eigenvalue weighted by molar-refractivity contribution is -0.384. The highest BCUT2D eigenvalue weighted by molar-refractivity contribution is 5.81. The highest BCUT2D eigenvalue weighted by Gasteiger charge is 2.14. The summed E-state index contributed by atoms with van der Waals surface area (Å²) in [7, 11) is 3.11. The van der Waals surface area contributed by atoms with Crippen LogP contribution in [-0.4, -0.2) is 30.2 Å². The van der Waals surface area contributed by atoms with Crippen LogP contribution < -0.4 is 16.7 Å². The SMILES string of the molecule is Cn1c(NN=Cc2ccc([N+](=O)[O-])cc2)nc2c1c(=O)[nH]c(=O)n2C. The van der Waals surface area contributed by atoms with Crippen molar-refractivity contribution in [3.63, 3.8) is 0 Å². The first-order chi connectivity index (χ1) is 11.9. The van der Waals surface area contributed by atoms with Gasteiger partial charge in [0, 0.05) is 26.2 Å². The highest BCUT2D eigenvalue weighted by Crippen LogP contribution is 2.13. The van der Waals surface area contributed by atoms with Crippen molar-refractivity contribution in [2.75, 3.05) is 5.43 Å². The first-order valence-electron chi connectivity index (χ1n) is 7.07. The number of benzene rings is 1. The summed E-state index contributed by atoms with van der Waals surface area (Å²) >= 11 is 0. The van der Waals surface area contributed by atoms with Crippen molar-refractivity contribution in [1.82, 2.24) is 19.1 Å². The molecular weight excluding hydrogens is 330 g/mol. The molecule has 2 heterocycles. The summed E-state index contributed by atoms with van der Waals surface area (Å²) in [5.41, 5.74) is 2.67. The molecule has 0 saturated carbocycles. The summed E-state index contributed by atoms with van der Waals surface area (Å²) < 4.78 is 2.70. The molecule has 0 radical (unpaired) electrons. The number of nitro groups is 1. The first-order valence-corrected chi connectivity index (χ1v) is 7.07. The smallest absolute Gasteiger partial charge is 0.306 e. The molecule has 11 heteroatoms. The van der Waals surface area contributed by atoms with E-state index in [1.807, 2.05) is 0 Å². The van der Waals surface area contributed by atoms with E-state index in [9.17, 15) is 19.7 Å². The van der Waals surface area contributed by atoms with E-state index in [0.717, 1.165) is 0 Å². The highest BCUT2D eigenvalue weighted by atomic mass is 16.6. The molecule has 0 aliphatic heterocycles. The van der Waals surface area contributed by atoms with Crippen LogP contribution in [0.15, 0.2) is 39.0 Å². The van der Waals surface area contributed by atoms with Gasteiger partial charge in [-0.25, -0.2) is 10.2 Å². The second kappa shape index (κ2) is 6.03. The molecule has 0 aliphatic rings. The van der Waals surface area contributed by atoms with Crippen molar-refractivity contribution in [3.05, 3.63) is 60.8 Å². The lowest BCUT2D eigenvalue weighted by Gasteiger charge is -2.00. The Bertz CT molecular complexity index is 1110. The summed E-state index contributed by atoms with van der Waals surface area (Å²) in [6.07, 6.45) is 1.45. The van der Waals surface area contributed by atoms with Crippen LogP contribution in [-0.2, 0) is 14.1 Å². The Morgan fingerprint density at radius 2 is 1.92 bits per heavy atom. The molecule has 0 unspecified atom stereocenters. The third-order valence-electron chi connectivity index (χ3n) is 3.62. The van der Waals surface area contributed by atoms with Gasteiger partial charge in [-0.15, -0.1) is 0 Å². The fraction of sp³-hybridized carbons (Fsp3) is 0.143. The zero-order chi connectivity index (χ0) is 18.1. The quantitative estimate of drug-likeness (QED) is 0.397. The van der Waals surface area contributed by atoms with Crippen molar-refractivity contribution in [3.8, 4) is 0 Å². The number of nitrogens with one attached hydrogen (secondary N) is 2. The van der Waals surface area contributed by atoms with Gasteiger partial charge in [-0.3, -0.25) is 24.5 Å². The van der Waals surface area contributed by atoms with E-state index in [2.05, 4.69) is 20.5 Å². The third-order valence-corrected chi connectivity index (χ3v) is 3.62. The van der Waals surface area contributed by atoms with Gasteiger partial charge < -0.3 is 4.57 Å². The van der Waals surface area contributed by atoms with Gasteiger partial charge in [-0.05, 0) is 17.7 Å². The number of aromatic amines is 1. The van der Waals surface area contributed by atoms with E-state index in [-0.39, 0.29) is 22.8 Å². The summed E-state index contributed by atoms with van der Waals surface area (Å²) in [4.78, 5) is 40.0. The molecule has 0 fully saturated rings. The van der Waals surface area contributed by atoms with E-state index in [4.69, 9.17) is 0 Å². The summed E-state index contributed by atoms with van der Waals surface area (Å²) in [6, 6.07) is 5.83. The van der Waals surface area contributed by atoms with Gasteiger partial charge in [0.05, 0.1) is 11.1 Å². The number of aryl methyl sites for hydroxylation is 2. The molecule has 3 aromatic rings. The number of aromatic nitrogens is 4. The van der Waals surface area contributed by atoms with Crippen molar-refractivity contribution in [2.45, 2.75) is 0 Å². The number of H-pyrrole nitrogens is 1. The summed E-state index contributed by atoms with van der Waals surface area (Å²) in [5.74, 6) is 0.264. The van der Waals surface area contributed by atoms with Crippen molar-refractivity contribution in [2.24, 2.45) is 19.2 Å². The minimum Gasteiger partial charge on any atom is -0.306 e. The van der Waals surface area contributed by atoms with Crippen molar-refractivity contribution in [1.29, 1.82) is 0 Å². The maximum absolute atomic E-state index is 11.9. The number of nitro benzene ring substituents is 1. The van der Waals surface area contributed by atoms with Crippen molar-refractivity contribution >= 4 is 29.0 Å². The number of anilines is 1. The number of hydrogen-bond acceptors (Lipinski definition) is 7. The van der Waals surface area contributed by atoms with Gasteiger partial charge in [0.1, 0.15) is 0 Å². The number of hydrogen-bond donors (Lipinski definition) is 2. The van der Waals surface area contributed by atoms with Gasteiger partial charge in [0.15, 0.2) is 11.2 Å². The van der Waals surface area contributed by atoms with E-state index in [1.54, 1.807) is 19.2 Å². The molecule has 0 spiro atoms. The molecule has 0 aliphatic carbocycles. The van der Waals surface area contributed by atoms with Gasteiger partial charge in [-0.1, -0.05) is 0 Å². The van der Waals surface area contributed by atoms with Crippen molar-refractivity contribution < 1.29 is 4.92 Å². The summed E-state index contributed by atoms with van der Waals surface area (Å²) in [5, 5.41) is 14.6. The number of imidazole rings is 1. The predicted molar refractivity (Wildman–Crippen MR) is 90.9 cm³/mol. The molecule has 1 aromatic carbocycles. The monoisotopic (exact) mass is 343 g/mol. The molecule has 11 nitrogen and oxygen atoms in total. The fourth-order valence-electron chi connectivity index (χ4n) is 2.25. The molecule has 0 saturated heterocycles. The Hall–Kier alpha value is -3.76. The van der Waals surface area contributed by atoms with Gasteiger partial charge in [0.2, 0.25) is 5.95 Å². The molecule has 0 bridgehead atoms. The van der Waals surface area contributed by atoms with Crippen LogP contribution in [0.1, 0.15) is 5.56 Å². The molecular formula is C14H13N7O4. The Balaban J connectivity index is 1.88. The van der Waals surface area contributed by atoms with Gasteiger partial charge >= 0.3 is 5.69 Å². The number of fused-ring (bicyclic) bond motifs is 1. The molecule has 2 N–H and O–H groups in total. The number of rotatable bonds is 4. The Kier molecular flexibility index (Phi) is 3.89. The second-order valence-electron chi connectivity index (χ2n) is 5.20. The van der Waals surface area contributed by atoms with Crippen LogP contribution in [0, 0.1) is 10.1 Å². The van der Waals surface area contributed by atoms with E-state index in [0.29, 0.717) is 5.56 Å². The summed E-state index contributed by atoms with van der Waals surface area (Å²) in [6.45, 7) is 0. The third kappa shape index (κ3) is 2.89. The lowest BCUT2D eigenvalue weighted by atomic mass is 10.2. The largest absolute Gasteiger partial charge is 0.329 e. The lowest BCUT2D eigenvalue weighted by Crippen LogP contribution is -2.29. The van der Waals surface area contributed by atoms with E-state index < -0.39 is 16.2 Å². The molecule has 25 heavy (non-hydrogen) atoms. The van der Waals surface area contributed by atoms with E-state index >= 15 is 0 Å². The van der Waals surface area contributed by atoms with Gasteiger partial charge in [-0.2, -0.15) is 10.1 Å². The number of hydrazone groups is 1. The zero-order valence-electron chi connectivity index (χ0n) is 13.3. The van der Waals surface area contributed by atoms with Gasteiger partial charge in [0.25, 0.3) is 11.2 Å².